The molecule has 0 aliphatic heterocycles. The number of carboxylic acid groups (broad SMARTS) is 1. The summed E-state index contributed by atoms with van der Waals surface area (Å²) < 4.78 is 6.76. The lowest BCUT2D eigenvalue weighted by Crippen LogP contribution is -2.04. The molecule has 1 N–H and O–H groups in total. The van der Waals surface area contributed by atoms with Crippen LogP contribution in [0.1, 0.15) is 27.4 Å². The van der Waals surface area contributed by atoms with Crippen molar-refractivity contribution in [3.05, 3.63) is 40.8 Å². The summed E-state index contributed by atoms with van der Waals surface area (Å²) >= 11 is 0. The van der Waals surface area contributed by atoms with Gasteiger partial charge in [-0.05, 0) is 32.0 Å². The van der Waals surface area contributed by atoms with Crippen molar-refractivity contribution in [3.63, 3.8) is 0 Å². The van der Waals surface area contributed by atoms with Crippen LogP contribution in [0.4, 0.5) is 0 Å². The Morgan fingerprint density at radius 1 is 1.40 bits per heavy atom. The van der Waals surface area contributed by atoms with Gasteiger partial charge in [0.1, 0.15) is 11.3 Å². The first-order chi connectivity index (χ1) is 9.56. The molecule has 0 atom stereocenters. The van der Waals surface area contributed by atoms with Gasteiger partial charge in [-0.2, -0.15) is 0 Å². The molecular formula is C13H12N4O3. The molecule has 0 bridgehead atoms. The lowest BCUT2D eigenvalue weighted by Gasteiger charge is -2.02. The number of rotatable bonds is 3. The van der Waals surface area contributed by atoms with Gasteiger partial charge in [0.2, 0.25) is 0 Å². The molecule has 0 amide bonds. The number of hydrogen-bond acceptors (Lipinski definition) is 5. The standard InChI is InChI=1S/C13H12N4O3/c1-7-10(8(2)20-15-7)6-17-12-5-9(13(18)19)3-4-11(12)14-16-17/h3-5H,6H2,1-2H3,(H,18,19). The van der Waals surface area contributed by atoms with E-state index in [1.54, 1.807) is 16.8 Å². The molecule has 7 heteroatoms. The number of hydrogen-bond donors (Lipinski definition) is 1. The number of carboxylic acids is 1. The van der Waals surface area contributed by atoms with E-state index in [0.717, 1.165) is 17.0 Å². The summed E-state index contributed by atoms with van der Waals surface area (Å²) in [5.74, 6) is -0.252. The molecule has 0 saturated carbocycles. The van der Waals surface area contributed by atoms with Crippen LogP contribution in [0.25, 0.3) is 11.0 Å². The Hall–Kier alpha value is -2.70. The maximum atomic E-state index is 11.0. The molecule has 3 rings (SSSR count). The van der Waals surface area contributed by atoms with Gasteiger partial charge in [-0.3, -0.25) is 0 Å². The first kappa shape index (κ1) is 12.3. The Morgan fingerprint density at radius 2 is 2.20 bits per heavy atom. The van der Waals surface area contributed by atoms with Gasteiger partial charge in [0, 0.05) is 5.56 Å². The highest BCUT2D eigenvalue weighted by molar-refractivity contribution is 5.92. The number of nitrogens with zero attached hydrogens (tertiary/aromatic N) is 4. The summed E-state index contributed by atoms with van der Waals surface area (Å²) in [7, 11) is 0. The lowest BCUT2D eigenvalue weighted by molar-refractivity contribution is 0.0697. The van der Waals surface area contributed by atoms with Crippen LogP contribution in [0.3, 0.4) is 0 Å². The van der Waals surface area contributed by atoms with Gasteiger partial charge in [0.25, 0.3) is 0 Å². The predicted molar refractivity (Wildman–Crippen MR) is 69.6 cm³/mol. The van der Waals surface area contributed by atoms with Gasteiger partial charge < -0.3 is 9.63 Å². The lowest BCUT2D eigenvalue weighted by atomic mass is 10.2. The fourth-order valence-electron chi connectivity index (χ4n) is 2.09. The Labute approximate surface area is 113 Å². The maximum absolute atomic E-state index is 11.0. The van der Waals surface area contributed by atoms with Crippen molar-refractivity contribution in [2.75, 3.05) is 0 Å². The van der Waals surface area contributed by atoms with Crippen molar-refractivity contribution in [1.29, 1.82) is 0 Å². The molecule has 2 aromatic heterocycles. The summed E-state index contributed by atoms with van der Waals surface area (Å²) in [5.41, 5.74) is 3.25. The molecule has 1 aromatic carbocycles. The zero-order valence-corrected chi connectivity index (χ0v) is 11.0. The quantitative estimate of drug-likeness (QED) is 0.781. The topological polar surface area (TPSA) is 94.0 Å². The molecule has 0 radical (unpaired) electrons. The third kappa shape index (κ3) is 1.93. The van der Waals surface area contributed by atoms with Gasteiger partial charge in [-0.15, -0.1) is 5.10 Å². The Balaban J connectivity index is 2.08. The second-order valence-electron chi connectivity index (χ2n) is 4.56. The second-order valence-corrected chi connectivity index (χ2v) is 4.56. The summed E-state index contributed by atoms with van der Waals surface area (Å²) in [4.78, 5) is 11.0. The Kier molecular flexibility index (Phi) is 2.74. The first-order valence-corrected chi connectivity index (χ1v) is 6.04. The number of aromatic nitrogens is 4. The van der Waals surface area contributed by atoms with Gasteiger partial charge in [0.15, 0.2) is 0 Å². The predicted octanol–water partition coefficient (Wildman–Crippen LogP) is 1.78. The van der Waals surface area contributed by atoms with E-state index in [9.17, 15) is 4.79 Å². The van der Waals surface area contributed by atoms with E-state index in [0.29, 0.717) is 17.6 Å². The number of aromatic carboxylic acids is 1. The van der Waals surface area contributed by atoms with E-state index in [2.05, 4.69) is 15.5 Å². The van der Waals surface area contributed by atoms with Crippen LogP contribution in [-0.2, 0) is 6.54 Å². The van der Waals surface area contributed by atoms with Crippen LogP contribution in [-0.4, -0.2) is 31.2 Å². The van der Waals surface area contributed by atoms with Crippen molar-refractivity contribution in [1.82, 2.24) is 20.2 Å². The summed E-state index contributed by atoms with van der Waals surface area (Å²) in [6, 6.07) is 4.73. The summed E-state index contributed by atoms with van der Waals surface area (Å²) in [6.07, 6.45) is 0. The molecule has 0 aliphatic carbocycles. The molecule has 0 aliphatic rings. The molecule has 102 valence electrons. The van der Waals surface area contributed by atoms with Crippen molar-refractivity contribution < 1.29 is 14.4 Å². The van der Waals surface area contributed by atoms with Gasteiger partial charge in [-0.25, -0.2) is 9.48 Å². The van der Waals surface area contributed by atoms with Crippen LogP contribution in [0.15, 0.2) is 22.7 Å². The van der Waals surface area contributed by atoms with Crippen LogP contribution in [0.5, 0.6) is 0 Å². The van der Waals surface area contributed by atoms with E-state index in [-0.39, 0.29) is 5.56 Å². The summed E-state index contributed by atoms with van der Waals surface area (Å²) in [5, 5.41) is 21.0. The van der Waals surface area contributed by atoms with Crippen LogP contribution in [0, 0.1) is 13.8 Å². The fourth-order valence-corrected chi connectivity index (χ4v) is 2.09. The molecule has 0 unspecified atom stereocenters. The minimum atomic E-state index is -0.975. The highest BCUT2D eigenvalue weighted by Gasteiger charge is 2.14. The number of carbonyl (C=O) groups is 1. The highest BCUT2D eigenvalue weighted by atomic mass is 16.5. The van der Waals surface area contributed by atoms with Crippen molar-refractivity contribution in [3.8, 4) is 0 Å². The SMILES string of the molecule is Cc1noc(C)c1Cn1nnc2ccc(C(=O)O)cc21. The van der Waals surface area contributed by atoms with Crippen molar-refractivity contribution >= 4 is 17.0 Å². The second kappa shape index (κ2) is 4.44. The smallest absolute Gasteiger partial charge is 0.335 e. The molecular weight excluding hydrogens is 260 g/mol. The van der Waals surface area contributed by atoms with E-state index < -0.39 is 5.97 Å². The van der Waals surface area contributed by atoms with E-state index in [1.807, 2.05) is 13.8 Å². The third-order valence-electron chi connectivity index (χ3n) is 3.25. The Bertz CT molecular complexity index is 784. The van der Waals surface area contributed by atoms with Crippen LogP contribution >= 0.6 is 0 Å². The van der Waals surface area contributed by atoms with Gasteiger partial charge in [-0.1, -0.05) is 10.4 Å². The molecule has 20 heavy (non-hydrogen) atoms. The number of aryl methyl sites for hydroxylation is 2. The zero-order chi connectivity index (χ0) is 14.3. The zero-order valence-electron chi connectivity index (χ0n) is 11.0. The molecule has 0 fully saturated rings. The molecule has 0 saturated heterocycles. The van der Waals surface area contributed by atoms with E-state index in [4.69, 9.17) is 9.63 Å². The molecule has 2 heterocycles. The largest absolute Gasteiger partial charge is 0.478 e. The minimum absolute atomic E-state index is 0.208. The van der Waals surface area contributed by atoms with Crippen LogP contribution in [0.2, 0.25) is 0 Å². The van der Waals surface area contributed by atoms with Gasteiger partial charge >= 0.3 is 5.97 Å². The highest BCUT2D eigenvalue weighted by Crippen LogP contribution is 2.18. The minimum Gasteiger partial charge on any atom is -0.478 e. The van der Waals surface area contributed by atoms with Crippen molar-refractivity contribution in [2.45, 2.75) is 20.4 Å². The summed E-state index contributed by atoms with van der Waals surface area (Å²) in [6.45, 7) is 4.13. The van der Waals surface area contributed by atoms with Gasteiger partial charge in [0.05, 0.1) is 23.3 Å². The maximum Gasteiger partial charge on any atom is 0.335 e. The monoisotopic (exact) mass is 272 g/mol. The molecule has 3 aromatic rings. The molecule has 0 spiro atoms. The van der Waals surface area contributed by atoms with E-state index >= 15 is 0 Å². The van der Waals surface area contributed by atoms with Crippen molar-refractivity contribution in [2.24, 2.45) is 0 Å². The average Bonchev–Trinajstić information content (AvgIpc) is 2.97. The number of fused-ring (bicyclic) bond motifs is 1. The average molecular weight is 272 g/mol. The molecule has 7 nitrogen and oxygen atoms in total. The van der Waals surface area contributed by atoms with Crippen LogP contribution < -0.4 is 0 Å². The normalized spacial score (nSPS) is 11.1. The van der Waals surface area contributed by atoms with E-state index in [1.165, 1.54) is 6.07 Å². The third-order valence-corrected chi connectivity index (χ3v) is 3.25. The number of benzene rings is 1. The fraction of sp³-hybridized carbons (Fsp3) is 0.231. The first-order valence-electron chi connectivity index (χ1n) is 6.04. The Morgan fingerprint density at radius 3 is 2.85 bits per heavy atom.